The van der Waals surface area contributed by atoms with Crippen molar-refractivity contribution >= 4 is 0 Å². The molecule has 0 aliphatic carbocycles. The van der Waals surface area contributed by atoms with Crippen molar-refractivity contribution in [1.29, 1.82) is 0 Å². The van der Waals surface area contributed by atoms with Gasteiger partial charge in [0, 0.05) is 18.6 Å². The second-order valence-corrected chi connectivity index (χ2v) is 4.83. The molecule has 1 rings (SSSR count). The highest BCUT2D eigenvalue weighted by Gasteiger charge is 2.21. The molecule has 1 aromatic carbocycles. The molecule has 0 aromatic heterocycles. The smallest absolute Gasteiger partial charge is 0.387 e. The van der Waals surface area contributed by atoms with Gasteiger partial charge in [-0.3, -0.25) is 4.90 Å². The first-order valence-electron chi connectivity index (χ1n) is 7.00. The van der Waals surface area contributed by atoms with E-state index in [9.17, 15) is 8.78 Å². The number of hydrogen-bond acceptors (Lipinski definition) is 3. The van der Waals surface area contributed by atoms with Crippen LogP contribution in [0.2, 0.25) is 0 Å². The molecule has 0 saturated carbocycles. The lowest BCUT2D eigenvalue weighted by Crippen LogP contribution is -2.38. The van der Waals surface area contributed by atoms with Crippen molar-refractivity contribution in [3.63, 3.8) is 0 Å². The zero-order valence-corrected chi connectivity index (χ0v) is 12.4. The summed E-state index contributed by atoms with van der Waals surface area (Å²) in [5.41, 5.74) is 6.90. The number of benzene rings is 1. The average Bonchev–Trinajstić information content (AvgIpc) is 2.42. The van der Waals surface area contributed by atoms with Crippen molar-refractivity contribution in [3.05, 3.63) is 29.8 Å². The molecule has 0 saturated heterocycles. The lowest BCUT2D eigenvalue weighted by molar-refractivity contribution is -0.0498. The minimum Gasteiger partial charge on any atom is -0.435 e. The van der Waals surface area contributed by atoms with E-state index in [1.807, 2.05) is 0 Å². The summed E-state index contributed by atoms with van der Waals surface area (Å²) in [7, 11) is 2.05. The lowest BCUT2D eigenvalue weighted by atomic mass is 10.0. The Morgan fingerprint density at radius 1 is 1.15 bits per heavy atom. The van der Waals surface area contributed by atoms with Gasteiger partial charge in [-0.25, -0.2) is 0 Å². The second kappa shape index (κ2) is 8.17. The second-order valence-electron chi connectivity index (χ2n) is 4.83. The number of ether oxygens (including phenoxy) is 1. The molecule has 0 radical (unpaired) electrons. The summed E-state index contributed by atoms with van der Waals surface area (Å²) >= 11 is 0. The fraction of sp³-hybridized carbons (Fsp3) is 0.600. The Balaban J connectivity index is 2.84. The standard InChI is InChI=1S/C15H24F2N2O/c1-4-12(5-2)19(3)14(10-18)11-6-8-13(9-7-11)20-15(16)17/h6-9,12,14-15H,4-5,10,18H2,1-3H3. The molecule has 1 aromatic rings. The minimum absolute atomic E-state index is 0.0838. The van der Waals surface area contributed by atoms with Crippen molar-refractivity contribution in [2.75, 3.05) is 13.6 Å². The molecule has 1 unspecified atom stereocenters. The van der Waals surface area contributed by atoms with Gasteiger partial charge in [0.15, 0.2) is 0 Å². The summed E-state index contributed by atoms with van der Waals surface area (Å²) in [5.74, 6) is 0.171. The third kappa shape index (κ3) is 4.42. The first kappa shape index (κ1) is 16.9. The van der Waals surface area contributed by atoms with E-state index < -0.39 is 6.61 Å². The lowest BCUT2D eigenvalue weighted by Gasteiger charge is -2.34. The quantitative estimate of drug-likeness (QED) is 0.796. The monoisotopic (exact) mass is 286 g/mol. The Kier molecular flexibility index (Phi) is 6.88. The van der Waals surface area contributed by atoms with Gasteiger partial charge in [0.25, 0.3) is 0 Å². The van der Waals surface area contributed by atoms with E-state index in [1.54, 1.807) is 24.3 Å². The normalized spacial score (nSPS) is 13.2. The Morgan fingerprint density at radius 3 is 2.10 bits per heavy atom. The highest BCUT2D eigenvalue weighted by Crippen LogP contribution is 2.25. The van der Waals surface area contributed by atoms with Gasteiger partial charge in [-0.1, -0.05) is 26.0 Å². The summed E-state index contributed by atoms with van der Waals surface area (Å²) < 4.78 is 28.6. The van der Waals surface area contributed by atoms with Crippen molar-refractivity contribution in [1.82, 2.24) is 4.90 Å². The van der Waals surface area contributed by atoms with E-state index in [4.69, 9.17) is 5.73 Å². The van der Waals surface area contributed by atoms with E-state index in [0.29, 0.717) is 12.6 Å². The van der Waals surface area contributed by atoms with Crippen LogP contribution in [-0.4, -0.2) is 31.1 Å². The maximum atomic E-state index is 12.1. The molecule has 0 bridgehead atoms. The van der Waals surface area contributed by atoms with Crippen LogP contribution in [0.5, 0.6) is 5.75 Å². The van der Waals surface area contributed by atoms with Crippen LogP contribution in [0.4, 0.5) is 8.78 Å². The molecular formula is C15H24F2N2O. The first-order chi connectivity index (χ1) is 9.53. The van der Waals surface area contributed by atoms with Gasteiger partial charge in [-0.05, 0) is 37.6 Å². The van der Waals surface area contributed by atoms with Crippen molar-refractivity contribution in [2.45, 2.75) is 45.4 Å². The van der Waals surface area contributed by atoms with Crippen LogP contribution < -0.4 is 10.5 Å². The van der Waals surface area contributed by atoms with E-state index in [-0.39, 0.29) is 11.8 Å². The van der Waals surface area contributed by atoms with Crippen LogP contribution in [0.15, 0.2) is 24.3 Å². The molecule has 5 heteroatoms. The molecule has 0 aliphatic rings. The van der Waals surface area contributed by atoms with Crippen LogP contribution in [0.25, 0.3) is 0 Å². The number of likely N-dealkylation sites (N-methyl/N-ethyl adjacent to an activating group) is 1. The van der Waals surface area contributed by atoms with Gasteiger partial charge in [0.05, 0.1) is 0 Å². The van der Waals surface area contributed by atoms with Gasteiger partial charge < -0.3 is 10.5 Å². The van der Waals surface area contributed by atoms with E-state index in [2.05, 4.69) is 30.5 Å². The minimum atomic E-state index is -2.79. The molecule has 20 heavy (non-hydrogen) atoms. The predicted octanol–water partition coefficient (Wildman–Crippen LogP) is 3.41. The third-order valence-electron chi connectivity index (χ3n) is 3.72. The highest BCUT2D eigenvalue weighted by molar-refractivity contribution is 5.29. The zero-order valence-electron chi connectivity index (χ0n) is 12.4. The fourth-order valence-electron chi connectivity index (χ4n) is 2.53. The molecule has 0 heterocycles. The van der Waals surface area contributed by atoms with Gasteiger partial charge in [-0.2, -0.15) is 8.78 Å². The molecule has 2 N–H and O–H groups in total. The predicted molar refractivity (Wildman–Crippen MR) is 77.0 cm³/mol. The molecular weight excluding hydrogens is 262 g/mol. The summed E-state index contributed by atoms with van der Waals surface area (Å²) in [6.45, 7) is 2.00. The molecule has 0 aliphatic heterocycles. The number of hydrogen-bond donors (Lipinski definition) is 1. The summed E-state index contributed by atoms with van der Waals surface area (Å²) in [4.78, 5) is 2.25. The maximum Gasteiger partial charge on any atom is 0.387 e. The van der Waals surface area contributed by atoms with Crippen LogP contribution >= 0.6 is 0 Å². The fourth-order valence-corrected chi connectivity index (χ4v) is 2.53. The molecule has 3 nitrogen and oxygen atoms in total. The maximum absolute atomic E-state index is 12.1. The summed E-state index contributed by atoms with van der Waals surface area (Å²) in [6.07, 6.45) is 2.10. The average molecular weight is 286 g/mol. The first-order valence-corrected chi connectivity index (χ1v) is 7.00. The number of nitrogens with two attached hydrogens (primary N) is 1. The van der Waals surface area contributed by atoms with Crippen molar-refractivity contribution < 1.29 is 13.5 Å². The molecule has 0 amide bonds. The van der Waals surface area contributed by atoms with Gasteiger partial charge in [-0.15, -0.1) is 0 Å². The van der Waals surface area contributed by atoms with Crippen LogP contribution in [0.1, 0.15) is 38.3 Å². The Hall–Kier alpha value is -1.20. The Bertz CT molecular complexity index is 380. The number of alkyl halides is 2. The summed E-state index contributed by atoms with van der Waals surface area (Å²) in [6, 6.07) is 7.26. The SMILES string of the molecule is CCC(CC)N(C)C(CN)c1ccc(OC(F)F)cc1. The Morgan fingerprint density at radius 2 is 1.70 bits per heavy atom. The molecule has 114 valence electrons. The van der Waals surface area contributed by atoms with E-state index >= 15 is 0 Å². The topological polar surface area (TPSA) is 38.5 Å². The molecule has 1 atom stereocenters. The van der Waals surface area contributed by atoms with Crippen LogP contribution in [-0.2, 0) is 0 Å². The third-order valence-corrected chi connectivity index (χ3v) is 3.72. The number of nitrogens with zero attached hydrogens (tertiary/aromatic N) is 1. The largest absolute Gasteiger partial charge is 0.435 e. The molecule has 0 spiro atoms. The van der Waals surface area contributed by atoms with Gasteiger partial charge >= 0.3 is 6.61 Å². The summed E-state index contributed by atoms with van der Waals surface area (Å²) in [5, 5.41) is 0. The number of halogens is 2. The van der Waals surface area contributed by atoms with Crippen molar-refractivity contribution in [3.8, 4) is 5.75 Å². The van der Waals surface area contributed by atoms with Gasteiger partial charge in [0.2, 0.25) is 0 Å². The molecule has 0 fully saturated rings. The van der Waals surface area contributed by atoms with Crippen LogP contribution in [0.3, 0.4) is 0 Å². The van der Waals surface area contributed by atoms with Gasteiger partial charge in [0.1, 0.15) is 5.75 Å². The van der Waals surface area contributed by atoms with Crippen molar-refractivity contribution in [2.24, 2.45) is 5.73 Å². The van der Waals surface area contributed by atoms with E-state index in [0.717, 1.165) is 18.4 Å². The number of rotatable bonds is 8. The van der Waals surface area contributed by atoms with Crippen LogP contribution in [0, 0.1) is 0 Å². The van der Waals surface area contributed by atoms with E-state index in [1.165, 1.54) is 0 Å². The Labute approximate surface area is 119 Å². The highest BCUT2D eigenvalue weighted by atomic mass is 19.3. The zero-order chi connectivity index (χ0) is 15.1.